The van der Waals surface area contributed by atoms with Gasteiger partial charge < -0.3 is 31.1 Å². The first-order chi connectivity index (χ1) is 23.6. The largest absolute Gasteiger partial charge is 0.448 e. The number of hydrogen-bond donors (Lipinski definition) is 5. The van der Waals surface area contributed by atoms with Crippen molar-refractivity contribution in [3.05, 3.63) is 11.8 Å². The molecule has 0 aromatic carbocycles. The van der Waals surface area contributed by atoms with Crippen molar-refractivity contribution in [2.24, 2.45) is 22.9 Å². The molecule has 1 aliphatic rings. The molecule has 0 saturated carbocycles. The highest BCUT2D eigenvalue weighted by atomic mass is 32.2. The number of aliphatic hydroxyl groups is 1. The first kappa shape index (κ1) is 45.6. The number of nitrogens with one attached hydrogen (secondary N) is 4. The molecule has 0 aromatic rings. The minimum Gasteiger partial charge on any atom is -0.448 e. The average Bonchev–Trinajstić information content (AvgIpc) is 3.04. The molecule has 0 aromatic heterocycles. The summed E-state index contributed by atoms with van der Waals surface area (Å²) in [6.45, 7) is 17.9. The molecular weight excluding hydrogens is 677 g/mol. The Bertz CT molecular complexity index is 1120. The molecule has 288 valence electrons. The molecular formula is C36H66N6O6S2. The molecule has 0 spiro atoms. The Morgan fingerprint density at radius 3 is 2.16 bits per heavy atom. The van der Waals surface area contributed by atoms with Crippen LogP contribution in [0.3, 0.4) is 0 Å². The second kappa shape index (κ2) is 24.7. The maximum absolute atomic E-state index is 13.6. The van der Waals surface area contributed by atoms with Gasteiger partial charge in [-0.3, -0.25) is 19.4 Å². The van der Waals surface area contributed by atoms with E-state index >= 15 is 0 Å². The van der Waals surface area contributed by atoms with Gasteiger partial charge in [0.2, 0.25) is 17.7 Å². The Morgan fingerprint density at radius 2 is 1.60 bits per heavy atom. The van der Waals surface area contributed by atoms with Gasteiger partial charge >= 0.3 is 6.09 Å². The number of carbonyl (C=O) groups excluding carboxylic acids is 4. The number of ether oxygens (including phenoxy) is 1. The SMILES string of the molecule is CC/C(C)=N\N(CCOC(=O)N[C@@H](CCSC)C(=O)N[C@@H](CC(C)C)[C@@H](O)C[C@@H](C)C(=O)N[C@@H](CC(C)C)C(=O)NC(C)C)C1=CCSCC1. The van der Waals surface area contributed by atoms with E-state index in [4.69, 9.17) is 9.84 Å². The second-order valence-electron chi connectivity index (χ2n) is 14.2. The molecule has 4 amide bonds. The number of thioether (sulfide) groups is 2. The quantitative estimate of drug-likeness (QED) is 0.0724. The highest BCUT2D eigenvalue weighted by Crippen LogP contribution is 2.21. The Labute approximate surface area is 309 Å². The monoisotopic (exact) mass is 742 g/mol. The van der Waals surface area contributed by atoms with E-state index in [0.717, 1.165) is 35.8 Å². The van der Waals surface area contributed by atoms with Crippen LogP contribution in [0.25, 0.3) is 0 Å². The molecule has 0 bridgehead atoms. The zero-order valence-corrected chi connectivity index (χ0v) is 33.8. The van der Waals surface area contributed by atoms with E-state index in [-0.39, 0.29) is 42.7 Å². The van der Waals surface area contributed by atoms with E-state index < -0.39 is 42.1 Å². The van der Waals surface area contributed by atoms with Gasteiger partial charge in [0.05, 0.1) is 18.7 Å². The topological polar surface area (TPSA) is 161 Å². The number of nitrogens with zero attached hydrogens (tertiary/aromatic N) is 2. The van der Waals surface area contributed by atoms with Crippen molar-refractivity contribution in [3.8, 4) is 0 Å². The number of amides is 4. The van der Waals surface area contributed by atoms with Crippen molar-refractivity contribution in [1.82, 2.24) is 26.3 Å². The normalized spacial score (nSPS) is 16.6. The van der Waals surface area contributed by atoms with Gasteiger partial charge in [-0.25, -0.2) is 4.79 Å². The summed E-state index contributed by atoms with van der Waals surface area (Å²) in [7, 11) is 0. The number of hydrogen-bond acceptors (Lipinski definition) is 10. The van der Waals surface area contributed by atoms with Gasteiger partial charge in [-0.1, -0.05) is 47.6 Å². The lowest BCUT2D eigenvalue weighted by Gasteiger charge is -2.30. The third kappa shape index (κ3) is 18.7. The molecule has 5 atom stereocenters. The molecule has 0 aliphatic carbocycles. The third-order valence-electron chi connectivity index (χ3n) is 8.16. The van der Waals surface area contributed by atoms with Crippen LogP contribution in [0.4, 0.5) is 4.79 Å². The smallest absolute Gasteiger partial charge is 0.407 e. The van der Waals surface area contributed by atoms with E-state index in [1.807, 2.05) is 78.4 Å². The summed E-state index contributed by atoms with van der Waals surface area (Å²) >= 11 is 3.43. The van der Waals surface area contributed by atoms with Crippen LogP contribution in [0.1, 0.15) is 101 Å². The maximum Gasteiger partial charge on any atom is 0.407 e. The number of aliphatic hydroxyl groups excluding tert-OH is 1. The number of hydrazone groups is 1. The predicted octanol–water partition coefficient (Wildman–Crippen LogP) is 4.92. The van der Waals surface area contributed by atoms with Crippen LogP contribution in [-0.4, -0.2) is 107 Å². The molecule has 1 aliphatic heterocycles. The molecule has 0 unspecified atom stereocenters. The summed E-state index contributed by atoms with van der Waals surface area (Å²) in [6, 6.07) is -2.27. The van der Waals surface area contributed by atoms with Gasteiger partial charge in [0.15, 0.2) is 0 Å². The highest BCUT2D eigenvalue weighted by Gasteiger charge is 2.31. The molecule has 0 saturated heterocycles. The first-order valence-electron chi connectivity index (χ1n) is 18.2. The number of allylic oxidation sites excluding steroid dienone is 1. The highest BCUT2D eigenvalue weighted by molar-refractivity contribution is 7.99. The Hall–Kier alpha value is -2.45. The standard InChI is InChI=1S/C36H66N6O6S2/c1-11-27(9)41-42(28-12-18-50-19-13-28)15-16-48-36(47)40-29(14-17-49-10)34(45)38-30(20-23(2)3)32(43)22-26(8)33(44)39-31(21-24(4)5)35(46)37-25(6)7/h12,23-26,29-32,43H,11,13-22H2,1-10H3,(H,37,46)(H,38,45)(H,39,44)(H,40,47)/b41-27-/t26-,29+,30+,31+,32+/m1/s1. The average molecular weight is 743 g/mol. The minimum atomic E-state index is -1.03. The van der Waals surface area contributed by atoms with Crippen molar-refractivity contribution in [2.75, 3.05) is 36.7 Å². The lowest BCUT2D eigenvalue weighted by molar-refractivity contribution is -0.132. The Kier molecular flexibility index (Phi) is 22.5. The van der Waals surface area contributed by atoms with Gasteiger partial charge in [0.1, 0.15) is 18.7 Å². The summed E-state index contributed by atoms with van der Waals surface area (Å²) in [5.41, 5.74) is 2.10. The lowest BCUT2D eigenvalue weighted by Crippen LogP contribution is -2.54. The van der Waals surface area contributed by atoms with Crippen molar-refractivity contribution in [1.29, 1.82) is 0 Å². The molecule has 14 heteroatoms. The Balaban J connectivity index is 2.92. The van der Waals surface area contributed by atoms with Crippen molar-refractivity contribution in [3.63, 3.8) is 0 Å². The van der Waals surface area contributed by atoms with E-state index in [9.17, 15) is 24.3 Å². The Morgan fingerprint density at radius 1 is 0.940 bits per heavy atom. The van der Waals surface area contributed by atoms with Gasteiger partial charge in [0.25, 0.3) is 0 Å². The van der Waals surface area contributed by atoms with Crippen LogP contribution < -0.4 is 21.3 Å². The van der Waals surface area contributed by atoms with Crippen LogP contribution in [0.15, 0.2) is 16.9 Å². The fourth-order valence-corrected chi connectivity index (χ4v) is 6.64. The zero-order valence-electron chi connectivity index (χ0n) is 32.2. The predicted molar refractivity (Wildman–Crippen MR) is 207 cm³/mol. The van der Waals surface area contributed by atoms with Gasteiger partial charge in [0, 0.05) is 29.1 Å². The summed E-state index contributed by atoms with van der Waals surface area (Å²) in [4.78, 5) is 52.5. The van der Waals surface area contributed by atoms with E-state index in [0.29, 0.717) is 31.6 Å². The van der Waals surface area contributed by atoms with E-state index in [1.165, 1.54) is 0 Å². The van der Waals surface area contributed by atoms with Gasteiger partial charge in [-0.2, -0.15) is 28.6 Å². The van der Waals surface area contributed by atoms with Crippen molar-refractivity contribution in [2.45, 2.75) is 131 Å². The summed E-state index contributed by atoms with van der Waals surface area (Å²) < 4.78 is 5.53. The number of alkyl carbamates (subject to hydrolysis) is 1. The molecule has 0 radical (unpaired) electrons. The van der Waals surface area contributed by atoms with Crippen LogP contribution in [0.2, 0.25) is 0 Å². The number of rotatable bonds is 23. The van der Waals surface area contributed by atoms with Crippen LogP contribution in [0.5, 0.6) is 0 Å². The third-order valence-corrected chi connectivity index (χ3v) is 9.70. The fourth-order valence-electron chi connectivity index (χ4n) is 5.34. The minimum absolute atomic E-state index is 0.0618. The molecule has 12 nitrogen and oxygen atoms in total. The molecule has 0 fully saturated rings. The lowest BCUT2D eigenvalue weighted by atomic mass is 9.91. The molecule has 5 N–H and O–H groups in total. The van der Waals surface area contributed by atoms with E-state index in [2.05, 4.69) is 27.3 Å². The van der Waals surface area contributed by atoms with Gasteiger partial charge in [-0.05, 0) is 88.9 Å². The summed E-state index contributed by atoms with van der Waals surface area (Å²) in [5.74, 6) is 1.28. The van der Waals surface area contributed by atoms with Crippen LogP contribution >= 0.6 is 23.5 Å². The molecule has 1 heterocycles. The molecule has 1 rings (SSSR count). The van der Waals surface area contributed by atoms with Crippen molar-refractivity contribution >= 4 is 53.1 Å². The fraction of sp³-hybridized carbons (Fsp3) is 0.806. The van der Waals surface area contributed by atoms with Crippen molar-refractivity contribution < 1.29 is 29.0 Å². The second-order valence-corrected chi connectivity index (χ2v) is 16.4. The van der Waals surface area contributed by atoms with Gasteiger partial charge in [-0.15, -0.1) is 0 Å². The zero-order chi connectivity index (χ0) is 37.8. The number of carbonyl (C=O) groups is 4. The van der Waals surface area contributed by atoms with Crippen LogP contribution in [-0.2, 0) is 19.1 Å². The van der Waals surface area contributed by atoms with Crippen LogP contribution in [0, 0.1) is 17.8 Å². The summed E-state index contributed by atoms with van der Waals surface area (Å²) in [6.07, 6.45) is 5.49. The summed E-state index contributed by atoms with van der Waals surface area (Å²) in [5, 5.41) is 29.4. The first-order valence-corrected chi connectivity index (χ1v) is 20.7. The maximum atomic E-state index is 13.6. The molecule has 50 heavy (non-hydrogen) atoms. The van der Waals surface area contributed by atoms with E-state index in [1.54, 1.807) is 18.7 Å².